The van der Waals surface area contributed by atoms with E-state index >= 15 is 0 Å². The topological polar surface area (TPSA) is 39.6 Å². The molecule has 2 nitrogen and oxygen atoms in total. The summed E-state index contributed by atoms with van der Waals surface area (Å²) in [6.07, 6.45) is 0.930. The monoisotopic (exact) mass is 204 g/mol. The van der Waals surface area contributed by atoms with Gasteiger partial charge in [-0.1, -0.05) is 36.7 Å². The van der Waals surface area contributed by atoms with Crippen LogP contribution in [0.5, 0.6) is 0 Å². The summed E-state index contributed by atoms with van der Waals surface area (Å²) in [7, 11) is 0. The lowest BCUT2D eigenvalue weighted by Crippen LogP contribution is -1.81. The van der Waals surface area contributed by atoms with Gasteiger partial charge in [-0.15, -0.1) is 0 Å². The fraction of sp³-hybridized carbons (Fsp3) is 0.182. The molecule has 0 bridgehead atoms. The molecule has 1 aromatic heterocycles. The van der Waals surface area contributed by atoms with E-state index in [4.69, 9.17) is 16.9 Å². The van der Waals surface area contributed by atoms with Crippen LogP contribution in [0, 0.1) is 11.3 Å². The summed E-state index contributed by atoms with van der Waals surface area (Å²) in [5.74, 6) is 0. The van der Waals surface area contributed by atoms with Gasteiger partial charge in [0.25, 0.3) is 0 Å². The Kier molecular flexibility index (Phi) is 2.18. The van der Waals surface area contributed by atoms with Gasteiger partial charge in [-0.25, -0.2) is 0 Å². The van der Waals surface area contributed by atoms with Gasteiger partial charge in [-0.3, -0.25) is 0 Å². The van der Waals surface area contributed by atoms with Gasteiger partial charge in [0, 0.05) is 5.39 Å². The van der Waals surface area contributed by atoms with Gasteiger partial charge in [0.15, 0.2) is 0 Å². The number of aromatic nitrogens is 1. The second kappa shape index (κ2) is 3.36. The van der Waals surface area contributed by atoms with Crippen LogP contribution in [0.25, 0.3) is 10.9 Å². The van der Waals surface area contributed by atoms with Crippen LogP contribution >= 0.6 is 11.6 Å². The Labute approximate surface area is 87.1 Å². The number of H-pyrrole nitrogens is 1. The first kappa shape index (κ1) is 9.11. The number of hydrogen-bond acceptors (Lipinski definition) is 1. The van der Waals surface area contributed by atoms with Crippen molar-refractivity contribution in [1.82, 2.24) is 4.98 Å². The SMILES string of the molecule is CCc1cccc2c(C#N)c(Cl)[nH]c12. The van der Waals surface area contributed by atoms with Crippen LogP contribution in [-0.2, 0) is 6.42 Å². The zero-order chi connectivity index (χ0) is 10.1. The second-order valence-electron chi connectivity index (χ2n) is 3.12. The summed E-state index contributed by atoms with van der Waals surface area (Å²) in [5, 5.41) is 10.3. The number of nitrogens with one attached hydrogen (secondary N) is 1. The number of rotatable bonds is 1. The fourth-order valence-electron chi connectivity index (χ4n) is 1.65. The zero-order valence-corrected chi connectivity index (χ0v) is 8.52. The number of aryl methyl sites for hydroxylation is 1. The summed E-state index contributed by atoms with van der Waals surface area (Å²) in [6, 6.07) is 8.01. The quantitative estimate of drug-likeness (QED) is 0.761. The molecular weight excluding hydrogens is 196 g/mol. The number of hydrogen-bond donors (Lipinski definition) is 1. The Morgan fingerprint density at radius 3 is 2.93 bits per heavy atom. The Bertz CT molecular complexity index is 520. The maximum absolute atomic E-state index is 8.91. The largest absolute Gasteiger partial charge is 0.344 e. The van der Waals surface area contributed by atoms with Gasteiger partial charge >= 0.3 is 0 Å². The van der Waals surface area contributed by atoms with Crippen LogP contribution in [0.3, 0.4) is 0 Å². The predicted molar refractivity (Wildman–Crippen MR) is 57.4 cm³/mol. The summed E-state index contributed by atoms with van der Waals surface area (Å²) in [4.78, 5) is 3.04. The highest BCUT2D eigenvalue weighted by Crippen LogP contribution is 2.27. The number of nitriles is 1. The zero-order valence-electron chi connectivity index (χ0n) is 7.76. The molecule has 3 heteroatoms. The van der Waals surface area contributed by atoms with Crippen LogP contribution in [0.2, 0.25) is 5.15 Å². The van der Waals surface area contributed by atoms with E-state index in [9.17, 15) is 0 Å². The Morgan fingerprint density at radius 2 is 2.29 bits per heavy atom. The lowest BCUT2D eigenvalue weighted by Gasteiger charge is -1.97. The van der Waals surface area contributed by atoms with Crippen molar-refractivity contribution in [3.8, 4) is 6.07 Å². The van der Waals surface area contributed by atoms with Crippen LogP contribution < -0.4 is 0 Å². The fourth-order valence-corrected chi connectivity index (χ4v) is 1.89. The van der Waals surface area contributed by atoms with E-state index < -0.39 is 0 Å². The summed E-state index contributed by atoms with van der Waals surface area (Å²) in [5.41, 5.74) is 2.71. The molecule has 2 rings (SSSR count). The van der Waals surface area contributed by atoms with Gasteiger partial charge in [-0.05, 0) is 12.0 Å². The van der Waals surface area contributed by atoms with Gasteiger partial charge in [-0.2, -0.15) is 5.26 Å². The van der Waals surface area contributed by atoms with E-state index in [1.807, 2.05) is 18.2 Å². The van der Waals surface area contributed by atoms with Gasteiger partial charge in [0.2, 0.25) is 0 Å². The minimum atomic E-state index is 0.434. The second-order valence-corrected chi connectivity index (χ2v) is 3.50. The Morgan fingerprint density at radius 1 is 1.50 bits per heavy atom. The number of para-hydroxylation sites is 1. The van der Waals surface area contributed by atoms with Crippen molar-refractivity contribution >= 4 is 22.5 Å². The van der Waals surface area contributed by atoms with Crippen LogP contribution in [-0.4, -0.2) is 4.98 Å². The maximum atomic E-state index is 8.91. The van der Waals surface area contributed by atoms with Crippen molar-refractivity contribution in [2.45, 2.75) is 13.3 Å². The molecule has 1 aromatic carbocycles. The number of benzene rings is 1. The van der Waals surface area contributed by atoms with Gasteiger partial charge < -0.3 is 4.98 Å². The molecule has 0 aliphatic rings. The molecule has 0 saturated carbocycles. The molecule has 1 N–H and O–H groups in total. The third-order valence-corrected chi connectivity index (χ3v) is 2.65. The van der Waals surface area contributed by atoms with Crippen LogP contribution in [0.4, 0.5) is 0 Å². The van der Waals surface area contributed by atoms with E-state index in [1.54, 1.807) is 0 Å². The molecule has 0 radical (unpaired) electrons. The van der Waals surface area contributed by atoms with Crippen LogP contribution in [0.1, 0.15) is 18.1 Å². The molecule has 0 aliphatic carbocycles. The van der Waals surface area contributed by atoms with Gasteiger partial charge in [0.05, 0.1) is 11.1 Å². The Hall–Kier alpha value is -1.46. The van der Waals surface area contributed by atoms with Crippen molar-refractivity contribution < 1.29 is 0 Å². The molecule has 0 aliphatic heterocycles. The minimum absolute atomic E-state index is 0.434. The Balaban J connectivity index is 2.87. The van der Waals surface area contributed by atoms with Crippen molar-refractivity contribution in [1.29, 1.82) is 5.26 Å². The lowest BCUT2D eigenvalue weighted by atomic mass is 10.1. The summed E-state index contributed by atoms with van der Waals surface area (Å²) in [6.45, 7) is 2.08. The molecule has 1 heterocycles. The standard InChI is InChI=1S/C11H9ClN2/c1-2-7-4-3-5-8-9(6-13)11(12)14-10(7)8/h3-5,14H,2H2,1H3. The molecule has 0 saturated heterocycles. The molecule has 70 valence electrons. The van der Waals surface area contributed by atoms with Crippen molar-refractivity contribution in [3.05, 3.63) is 34.5 Å². The van der Waals surface area contributed by atoms with Crippen LogP contribution in [0.15, 0.2) is 18.2 Å². The number of halogens is 1. The van der Waals surface area contributed by atoms with Crippen molar-refractivity contribution in [2.75, 3.05) is 0 Å². The third kappa shape index (κ3) is 1.18. The van der Waals surface area contributed by atoms with E-state index in [2.05, 4.69) is 18.0 Å². The molecule has 0 spiro atoms. The molecule has 14 heavy (non-hydrogen) atoms. The average molecular weight is 205 g/mol. The normalized spacial score (nSPS) is 10.4. The first-order valence-electron chi connectivity index (χ1n) is 4.47. The van der Waals surface area contributed by atoms with Crippen molar-refractivity contribution in [2.24, 2.45) is 0 Å². The third-order valence-electron chi connectivity index (χ3n) is 2.37. The first-order chi connectivity index (χ1) is 6.77. The molecule has 2 aromatic rings. The van der Waals surface area contributed by atoms with Crippen molar-refractivity contribution in [3.63, 3.8) is 0 Å². The highest BCUT2D eigenvalue weighted by Gasteiger charge is 2.10. The number of fused-ring (bicyclic) bond motifs is 1. The number of aromatic amines is 1. The van der Waals surface area contributed by atoms with E-state index in [1.165, 1.54) is 5.56 Å². The van der Waals surface area contributed by atoms with E-state index in [0.29, 0.717) is 10.7 Å². The first-order valence-corrected chi connectivity index (χ1v) is 4.85. The molecule has 0 amide bonds. The summed E-state index contributed by atoms with van der Waals surface area (Å²) < 4.78 is 0. The van der Waals surface area contributed by atoms with Gasteiger partial charge in [0.1, 0.15) is 11.2 Å². The molecule has 0 fully saturated rings. The maximum Gasteiger partial charge on any atom is 0.125 e. The highest BCUT2D eigenvalue weighted by atomic mass is 35.5. The smallest absolute Gasteiger partial charge is 0.125 e. The predicted octanol–water partition coefficient (Wildman–Crippen LogP) is 3.26. The molecule has 0 unspecified atom stereocenters. The number of nitrogens with zero attached hydrogens (tertiary/aromatic N) is 1. The molecule has 0 atom stereocenters. The minimum Gasteiger partial charge on any atom is -0.344 e. The van der Waals surface area contributed by atoms with E-state index in [0.717, 1.165) is 17.3 Å². The summed E-state index contributed by atoms with van der Waals surface area (Å²) >= 11 is 5.92. The average Bonchev–Trinajstić information content (AvgIpc) is 2.52. The molecular formula is C11H9ClN2. The lowest BCUT2D eigenvalue weighted by molar-refractivity contribution is 1.15. The highest BCUT2D eigenvalue weighted by molar-refractivity contribution is 6.32. The van der Waals surface area contributed by atoms with E-state index in [-0.39, 0.29) is 0 Å².